The summed E-state index contributed by atoms with van der Waals surface area (Å²) >= 11 is 0. The Morgan fingerprint density at radius 1 is 1.19 bits per heavy atom. The van der Waals surface area contributed by atoms with Crippen molar-refractivity contribution in [1.29, 1.82) is 0 Å². The maximum Gasteiger partial charge on any atom is 0.253 e. The summed E-state index contributed by atoms with van der Waals surface area (Å²) in [5.74, 6) is -0.272. The van der Waals surface area contributed by atoms with Crippen LogP contribution in [0.3, 0.4) is 0 Å². The van der Waals surface area contributed by atoms with E-state index >= 15 is 0 Å². The summed E-state index contributed by atoms with van der Waals surface area (Å²) in [6.07, 6.45) is 0.393. The van der Waals surface area contributed by atoms with Crippen molar-refractivity contribution in [3.63, 3.8) is 0 Å². The lowest BCUT2D eigenvalue weighted by Gasteiger charge is -2.09. The van der Waals surface area contributed by atoms with E-state index in [2.05, 4.69) is 10.6 Å². The number of nitrogens with one attached hydrogen (secondary N) is 2. The molecule has 0 heterocycles. The summed E-state index contributed by atoms with van der Waals surface area (Å²) in [7, 11) is 0. The first-order valence-corrected chi connectivity index (χ1v) is 5.36. The molecule has 0 fully saturated rings. The van der Waals surface area contributed by atoms with Crippen molar-refractivity contribution < 1.29 is 9.59 Å². The molecule has 0 aliphatic heterocycles. The average molecular weight is 220 g/mol. The molecule has 1 aromatic rings. The molecule has 1 rings (SSSR count). The SMILES string of the molecule is CCNC(=O)c1ccccc1NC(=O)CC. The summed E-state index contributed by atoms with van der Waals surface area (Å²) in [6.45, 7) is 4.18. The predicted molar refractivity (Wildman–Crippen MR) is 63.4 cm³/mol. The van der Waals surface area contributed by atoms with Gasteiger partial charge in [0.2, 0.25) is 5.91 Å². The number of hydrogen-bond donors (Lipinski definition) is 2. The van der Waals surface area contributed by atoms with E-state index in [-0.39, 0.29) is 11.8 Å². The van der Waals surface area contributed by atoms with E-state index in [0.29, 0.717) is 24.2 Å². The molecular weight excluding hydrogens is 204 g/mol. The first-order valence-electron chi connectivity index (χ1n) is 5.36. The molecule has 0 saturated carbocycles. The van der Waals surface area contributed by atoms with Gasteiger partial charge in [-0.2, -0.15) is 0 Å². The normalized spacial score (nSPS) is 9.62. The fraction of sp³-hybridized carbons (Fsp3) is 0.333. The number of carbonyl (C=O) groups excluding carboxylic acids is 2. The lowest BCUT2D eigenvalue weighted by molar-refractivity contribution is -0.115. The second kappa shape index (κ2) is 5.90. The Balaban J connectivity index is 2.91. The third-order valence-electron chi connectivity index (χ3n) is 2.10. The van der Waals surface area contributed by atoms with E-state index in [1.807, 2.05) is 6.92 Å². The summed E-state index contributed by atoms with van der Waals surface area (Å²) in [6, 6.07) is 6.97. The van der Waals surface area contributed by atoms with E-state index in [9.17, 15) is 9.59 Å². The molecule has 2 amide bonds. The largest absolute Gasteiger partial charge is 0.352 e. The third-order valence-corrected chi connectivity index (χ3v) is 2.10. The van der Waals surface area contributed by atoms with Gasteiger partial charge in [0.05, 0.1) is 11.3 Å². The monoisotopic (exact) mass is 220 g/mol. The van der Waals surface area contributed by atoms with E-state index in [1.54, 1.807) is 31.2 Å². The van der Waals surface area contributed by atoms with Crippen LogP contribution in [0.25, 0.3) is 0 Å². The number of anilines is 1. The minimum atomic E-state index is -0.172. The van der Waals surface area contributed by atoms with Crippen molar-refractivity contribution in [2.75, 3.05) is 11.9 Å². The fourth-order valence-corrected chi connectivity index (χ4v) is 1.28. The van der Waals surface area contributed by atoms with Gasteiger partial charge in [-0.15, -0.1) is 0 Å². The van der Waals surface area contributed by atoms with E-state index < -0.39 is 0 Å². The summed E-state index contributed by atoms with van der Waals surface area (Å²) in [5.41, 5.74) is 1.05. The second-order valence-corrected chi connectivity index (χ2v) is 3.31. The Labute approximate surface area is 95.0 Å². The maximum atomic E-state index is 11.7. The second-order valence-electron chi connectivity index (χ2n) is 3.31. The standard InChI is InChI=1S/C12H16N2O2/c1-3-11(15)14-10-8-6-5-7-9(10)12(16)13-4-2/h5-8H,3-4H2,1-2H3,(H,13,16)(H,14,15). The molecule has 4 nitrogen and oxygen atoms in total. The van der Waals surface area contributed by atoms with Crippen LogP contribution in [0.5, 0.6) is 0 Å². The van der Waals surface area contributed by atoms with E-state index in [1.165, 1.54) is 0 Å². The molecule has 0 unspecified atom stereocenters. The van der Waals surface area contributed by atoms with Gasteiger partial charge in [0, 0.05) is 13.0 Å². The highest BCUT2D eigenvalue weighted by Crippen LogP contribution is 2.14. The van der Waals surface area contributed by atoms with Crippen molar-refractivity contribution in [1.82, 2.24) is 5.32 Å². The van der Waals surface area contributed by atoms with Crippen molar-refractivity contribution in [3.05, 3.63) is 29.8 Å². The first-order chi connectivity index (χ1) is 7.69. The van der Waals surface area contributed by atoms with Gasteiger partial charge in [-0.3, -0.25) is 9.59 Å². The smallest absolute Gasteiger partial charge is 0.253 e. The highest BCUT2D eigenvalue weighted by molar-refractivity contribution is 6.03. The lowest BCUT2D eigenvalue weighted by atomic mass is 10.1. The molecule has 2 N–H and O–H groups in total. The van der Waals surface area contributed by atoms with Crippen LogP contribution in [0.4, 0.5) is 5.69 Å². The molecule has 0 spiro atoms. The number of benzene rings is 1. The van der Waals surface area contributed by atoms with Gasteiger partial charge in [-0.25, -0.2) is 0 Å². The van der Waals surface area contributed by atoms with Gasteiger partial charge in [-0.1, -0.05) is 19.1 Å². The summed E-state index contributed by atoms with van der Waals surface area (Å²) in [5, 5.41) is 5.40. The van der Waals surface area contributed by atoms with Crippen molar-refractivity contribution in [2.45, 2.75) is 20.3 Å². The quantitative estimate of drug-likeness (QED) is 0.812. The molecule has 0 aliphatic carbocycles. The first kappa shape index (κ1) is 12.2. The van der Waals surface area contributed by atoms with Crippen molar-refractivity contribution >= 4 is 17.5 Å². The van der Waals surface area contributed by atoms with Crippen LogP contribution in [0.2, 0.25) is 0 Å². The number of rotatable bonds is 4. The maximum absolute atomic E-state index is 11.7. The van der Waals surface area contributed by atoms with E-state index in [0.717, 1.165) is 0 Å². The van der Waals surface area contributed by atoms with Crippen LogP contribution in [0.15, 0.2) is 24.3 Å². The molecule has 86 valence electrons. The molecular formula is C12H16N2O2. The lowest BCUT2D eigenvalue weighted by Crippen LogP contribution is -2.24. The molecule has 0 saturated heterocycles. The molecule has 0 atom stereocenters. The summed E-state index contributed by atoms with van der Waals surface area (Å²) in [4.78, 5) is 22.9. The van der Waals surface area contributed by atoms with Gasteiger partial charge in [-0.05, 0) is 19.1 Å². The van der Waals surface area contributed by atoms with E-state index in [4.69, 9.17) is 0 Å². The average Bonchev–Trinajstić information content (AvgIpc) is 2.30. The number of amides is 2. The predicted octanol–water partition coefficient (Wildman–Crippen LogP) is 1.78. The topological polar surface area (TPSA) is 58.2 Å². The Morgan fingerprint density at radius 3 is 2.50 bits per heavy atom. The Hall–Kier alpha value is -1.84. The number of hydrogen-bond acceptors (Lipinski definition) is 2. The van der Waals surface area contributed by atoms with Crippen molar-refractivity contribution in [3.8, 4) is 0 Å². The minimum absolute atomic E-state index is 0.100. The highest BCUT2D eigenvalue weighted by atomic mass is 16.2. The zero-order chi connectivity index (χ0) is 12.0. The summed E-state index contributed by atoms with van der Waals surface area (Å²) < 4.78 is 0. The molecule has 0 radical (unpaired) electrons. The van der Waals surface area contributed by atoms with Gasteiger partial charge >= 0.3 is 0 Å². The van der Waals surface area contributed by atoms with Crippen LogP contribution in [-0.4, -0.2) is 18.4 Å². The molecule has 1 aromatic carbocycles. The molecule has 0 aliphatic rings. The Bertz CT molecular complexity index is 388. The Kier molecular flexibility index (Phi) is 4.51. The zero-order valence-corrected chi connectivity index (χ0v) is 9.54. The Morgan fingerprint density at radius 2 is 1.88 bits per heavy atom. The van der Waals surface area contributed by atoms with Gasteiger partial charge in [0.1, 0.15) is 0 Å². The fourth-order valence-electron chi connectivity index (χ4n) is 1.28. The van der Waals surface area contributed by atoms with Crippen LogP contribution in [0.1, 0.15) is 30.6 Å². The van der Waals surface area contributed by atoms with Gasteiger partial charge < -0.3 is 10.6 Å². The zero-order valence-electron chi connectivity index (χ0n) is 9.54. The molecule has 4 heteroatoms. The van der Waals surface area contributed by atoms with Crippen LogP contribution < -0.4 is 10.6 Å². The molecule has 16 heavy (non-hydrogen) atoms. The van der Waals surface area contributed by atoms with Crippen LogP contribution in [0, 0.1) is 0 Å². The number of carbonyl (C=O) groups is 2. The highest BCUT2D eigenvalue weighted by Gasteiger charge is 2.10. The number of para-hydroxylation sites is 1. The van der Waals surface area contributed by atoms with Crippen LogP contribution in [-0.2, 0) is 4.79 Å². The van der Waals surface area contributed by atoms with Crippen LogP contribution >= 0.6 is 0 Å². The van der Waals surface area contributed by atoms with Crippen molar-refractivity contribution in [2.24, 2.45) is 0 Å². The molecule has 0 aromatic heterocycles. The third kappa shape index (κ3) is 3.08. The molecule has 0 bridgehead atoms. The minimum Gasteiger partial charge on any atom is -0.352 e. The van der Waals surface area contributed by atoms with Gasteiger partial charge in [0.15, 0.2) is 0 Å². The van der Waals surface area contributed by atoms with Gasteiger partial charge in [0.25, 0.3) is 5.91 Å².